The lowest BCUT2D eigenvalue weighted by Crippen LogP contribution is -2.59. The van der Waals surface area contributed by atoms with E-state index in [1.807, 2.05) is 27.3 Å². The zero-order chi connectivity index (χ0) is 35.0. The van der Waals surface area contributed by atoms with Crippen LogP contribution < -0.4 is 5.32 Å². The lowest BCUT2D eigenvalue weighted by atomic mass is 9.88. The van der Waals surface area contributed by atoms with Crippen molar-refractivity contribution in [1.29, 1.82) is 0 Å². The summed E-state index contributed by atoms with van der Waals surface area (Å²) in [5, 5.41) is 68.6. The number of aromatic nitrogens is 2. The number of benzene rings is 3. The summed E-state index contributed by atoms with van der Waals surface area (Å²) in [7, 11) is 1.21. The van der Waals surface area contributed by atoms with E-state index in [4.69, 9.17) is 18.9 Å². The number of esters is 1. The molecule has 262 valence electrons. The predicted octanol–water partition coefficient (Wildman–Crippen LogP) is 0.464. The van der Waals surface area contributed by atoms with Crippen LogP contribution in [-0.2, 0) is 49.2 Å². The van der Waals surface area contributed by atoms with Gasteiger partial charge in [0.05, 0.1) is 54.6 Å². The van der Waals surface area contributed by atoms with Crippen molar-refractivity contribution in [1.82, 2.24) is 14.5 Å². The van der Waals surface area contributed by atoms with Gasteiger partial charge in [-0.3, -0.25) is 4.79 Å². The van der Waals surface area contributed by atoms with E-state index in [0.717, 1.165) is 0 Å². The maximum atomic E-state index is 13.7. The van der Waals surface area contributed by atoms with E-state index in [-0.39, 0.29) is 32.1 Å². The molecular formula is C35H35N3O12. The molecule has 0 saturated carbocycles. The van der Waals surface area contributed by atoms with Gasteiger partial charge in [0, 0.05) is 34.5 Å². The van der Waals surface area contributed by atoms with Gasteiger partial charge < -0.3 is 64.0 Å². The molecule has 50 heavy (non-hydrogen) atoms. The number of nitrogens with zero attached hydrogens (tertiary/aromatic N) is 2. The summed E-state index contributed by atoms with van der Waals surface area (Å²) in [6, 6.07) is 10.9. The lowest BCUT2D eigenvalue weighted by molar-refractivity contribution is -0.304. The first-order valence-corrected chi connectivity index (χ1v) is 16.4. The van der Waals surface area contributed by atoms with Crippen molar-refractivity contribution in [2.45, 2.75) is 81.4 Å². The fourth-order valence-electron chi connectivity index (χ4n) is 8.66. The molecule has 2 bridgehead atoms. The molecule has 6 heterocycles. The summed E-state index contributed by atoms with van der Waals surface area (Å²) in [6.45, 7) is 0.937. The molecule has 8 unspecified atom stereocenters. The van der Waals surface area contributed by atoms with Gasteiger partial charge >= 0.3 is 5.97 Å². The smallest absolute Gasteiger partial charge is 0.343 e. The molecule has 15 nitrogen and oxygen atoms in total. The number of aliphatic hydroxyl groups is 6. The molecule has 0 spiro atoms. The van der Waals surface area contributed by atoms with Gasteiger partial charge in [-0.25, -0.2) is 4.79 Å². The summed E-state index contributed by atoms with van der Waals surface area (Å²) < 4.78 is 27.1. The van der Waals surface area contributed by atoms with Gasteiger partial charge in [0.1, 0.15) is 30.6 Å². The van der Waals surface area contributed by atoms with Crippen LogP contribution in [0.4, 0.5) is 0 Å². The van der Waals surface area contributed by atoms with E-state index >= 15 is 0 Å². The Labute approximate surface area is 282 Å². The molecule has 1 amide bonds. The first-order valence-electron chi connectivity index (χ1n) is 16.4. The predicted molar refractivity (Wildman–Crippen MR) is 173 cm³/mol. The summed E-state index contributed by atoms with van der Waals surface area (Å²) in [5.41, 5.74) is 1.25. The van der Waals surface area contributed by atoms with Crippen LogP contribution in [0.3, 0.4) is 0 Å². The number of amides is 1. The van der Waals surface area contributed by atoms with Crippen molar-refractivity contribution in [3.05, 3.63) is 58.7 Å². The third-order valence-corrected chi connectivity index (χ3v) is 11.1. The molecule has 2 aromatic heterocycles. The van der Waals surface area contributed by atoms with Crippen molar-refractivity contribution in [3.8, 4) is 0 Å². The third kappa shape index (κ3) is 3.84. The minimum Gasteiger partial charge on any atom is -0.467 e. The minimum atomic E-state index is -2.13. The fraction of sp³-hybridized carbons (Fsp3) is 0.429. The van der Waals surface area contributed by atoms with E-state index in [2.05, 4.69) is 5.32 Å². The maximum absolute atomic E-state index is 13.7. The Kier molecular flexibility index (Phi) is 6.79. The molecule has 4 aliphatic heterocycles. The van der Waals surface area contributed by atoms with E-state index in [1.165, 1.54) is 7.11 Å². The minimum absolute atomic E-state index is 0.112. The number of hydrogen-bond acceptors (Lipinski definition) is 12. The van der Waals surface area contributed by atoms with Gasteiger partial charge in [-0.15, -0.1) is 0 Å². The van der Waals surface area contributed by atoms with Crippen molar-refractivity contribution < 1.29 is 59.2 Å². The molecule has 8 atom stereocenters. The second-order valence-corrected chi connectivity index (χ2v) is 13.7. The molecule has 7 N–H and O–H groups in total. The molecule has 2 saturated heterocycles. The van der Waals surface area contributed by atoms with Gasteiger partial charge in [-0.2, -0.15) is 0 Å². The van der Waals surface area contributed by atoms with Crippen LogP contribution in [0.25, 0.3) is 43.6 Å². The number of ether oxygens (including phenoxy) is 4. The highest BCUT2D eigenvalue weighted by Crippen LogP contribution is 2.58. The van der Waals surface area contributed by atoms with E-state index in [1.54, 1.807) is 25.1 Å². The Morgan fingerprint density at radius 2 is 1.72 bits per heavy atom. The van der Waals surface area contributed by atoms with Gasteiger partial charge in [0.15, 0.2) is 12.0 Å². The van der Waals surface area contributed by atoms with E-state index in [0.29, 0.717) is 65.9 Å². The SMILES string of the molecule is COC(=O)C1(O)CC2OC1(C)n1c3ccc(COC4OC(CO)C(O)C(O)C4O)cc3c3c4c(c5c6cc(CO)ccc6n2c5c31)C(=O)NC4. The van der Waals surface area contributed by atoms with Crippen molar-refractivity contribution in [2.75, 3.05) is 13.7 Å². The average Bonchev–Trinajstić information content (AvgIpc) is 3.82. The summed E-state index contributed by atoms with van der Waals surface area (Å²) in [5.74, 6) is -1.12. The first kappa shape index (κ1) is 31.8. The van der Waals surface area contributed by atoms with Crippen LogP contribution in [0.5, 0.6) is 0 Å². The normalized spacial score (nSPS) is 31.6. The number of fused-ring (bicyclic) bond motifs is 13. The number of carbonyl (C=O) groups excluding carboxylic acids is 2. The number of aliphatic hydroxyl groups excluding tert-OH is 5. The summed E-state index contributed by atoms with van der Waals surface area (Å²) in [4.78, 5) is 27.2. The molecule has 15 heteroatoms. The Morgan fingerprint density at radius 3 is 2.46 bits per heavy atom. The molecule has 9 rings (SSSR count). The van der Waals surface area contributed by atoms with Crippen LogP contribution in [-0.4, -0.2) is 102 Å². The van der Waals surface area contributed by atoms with Gasteiger partial charge in [-0.05, 0) is 47.9 Å². The number of carbonyl (C=O) groups is 2. The van der Waals surface area contributed by atoms with Crippen molar-refractivity contribution in [2.24, 2.45) is 0 Å². The zero-order valence-corrected chi connectivity index (χ0v) is 27.0. The molecule has 4 aliphatic rings. The molecular weight excluding hydrogens is 654 g/mol. The Bertz CT molecular complexity index is 2300. The highest BCUT2D eigenvalue weighted by atomic mass is 16.7. The fourth-order valence-corrected chi connectivity index (χ4v) is 8.66. The van der Waals surface area contributed by atoms with Gasteiger partial charge in [0.2, 0.25) is 5.60 Å². The van der Waals surface area contributed by atoms with Crippen LogP contribution in [0.2, 0.25) is 0 Å². The maximum Gasteiger partial charge on any atom is 0.343 e. The van der Waals surface area contributed by atoms with Gasteiger partial charge in [-0.1, -0.05) is 12.1 Å². The highest BCUT2D eigenvalue weighted by Gasteiger charge is 2.66. The number of hydrogen-bond donors (Lipinski definition) is 7. The standard InChI is InChI=1S/C35H35N3O12/c1-34-35(46,33(45)47-2)9-22(50-34)37-19-5-3-14(11-39)7-16(19)24-25-18(10-36-31(25)44)23-17-8-15(4-6-20(17)38(34)27(23)26(24)37)13-48-32-30(43)29(42)28(41)21(12-40)49-32/h3-8,21-22,28-30,32,39-43,46H,9-13H2,1-2H3,(H,36,44). The molecule has 5 aromatic rings. The van der Waals surface area contributed by atoms with Crippen molar-refractivity contribution in [3.63, 3.8) is 0 Å². The highest BCUT2D eigenvalue weighted by molar-refractivity contribution is 6.31. The topological polar surface area (TPSA) is 214 Å². The summed E-state index contributed by atoms with van der Waals surface area (Å²) >= 11 is 0. The molecule has 3 aromatic carbocycles. The van der Waals surface area contributed by atoms with Crippen LogP contribution in [0, 0.1) is 0 Å². The van der Waals surface area contributed by atoms with E-state index < -0.39 is 60.8 Å². The Morgan fingerprint density at radius 1 is 1.00 bits per heavy atom. The monoisotopic (exact) mass is 689 g/mol. The molecule has 0 radical (unpaired) electrons. The zero-order valence-electron chi connectivity index (χ0n) is 27.0. The number of methoxy groups -OCH3 is 1. The Hall–Kier alpha value is -4.16. The first-order chi connectivity index (χ1) is 24.0. The summed E-state index contributed by atoms with van der Waals surface area (Å²) in [6.07, 6.45) is -8.18. The lowest BCUT2D eigenvalue weighted by Gasteiger charge is -2.39. The second-order valence-electron chi connectivity index (χ2n) is 13.7. The third-order valence-electron chi connectivity index (χ3n) is 11.1. The number of nitrogens with one attached hydrogen (secondary N) is 1. The Balaban J connectivity index is 1.32. The second kappa shape index (κ2) is 10.7. The quantitative estimate of drug-likeness (QED) is 0.121. The largest absolute Gasteiger partial charge is 0.467 e. The van der Waals surface area contributed by atoms with E-state index in [9.17, 15) is 40.2 Å². The van der Waals surface area contributed by atoms with Gasteiger partial charge in [0.25, 0.3) is 5.91 Å². The molecule has 0 aliphatic carbocycles. The van der Waals surface area contributed by atoms with Crippen LogP contribution in [0.15, 0.2) is 36.4 Å². The number of rotatable bonds is 6. The average molecular weight is 690 g/mol. The van der Waals surface area contributed by atoms with Crippen LogP contribution in [0.1, 0.15) is 46.6 Å². The molecule has 2 fully saturated rings. The van der Waals surface area contributed by atoms with Crippen molar-refractivity contribution >= 4 is 55.5 Å². The van der Waals surface area contributed by atoms with Crippen LogP contribution >= 0.6 is 0 Å².